The fraction of sp³-hybridized carbons (Fsp3) is 0. The summed E-state index contributed by atoms with van der Waals surface area (Å²) in [5.74, 6) is -0.572. The molecule has 1 rings (SSSR count). The number of phenolic OH excluding ortho intramolecular Hbond substituents is 1. The summed E-state index contributed by atoms with van der Waals surface area (Å²) in [7, 11) is 0. The Bertz CT molecular complexity index is 381. The summed E-state index contributed by atoms with van der Waals surface area (Å²) in [6.45, 7) is 0. The van der Waals surface area contributed by atoms with E-state index in [4.69, 9.17) is 10.8 Å². The molecule has 74 valence electrons. The van der Waals surface area contributed by atoms with Gasteiger partial charge in [-0.25, -0.2) is 0 Å². The van der Waals surface area contributed by atoms with Crippen LogP contribution >= 0.6 is 0 Å². The number of nitrogens with two attached hydrogens (primary N) is 1. The molecule has 0 heterocycles. The van der Waals surface area contributed by atoms with Crippen molar-refractivity contribution in [1.82, 2.24) is 0 Å². The normalized spacial score (nSPS) is 9.71. The third-order valence-corrected chi connectivity index (χ3v) is 1.51. The maximum atomic E-state index is 10.3. The van der Waals surface area contributed by atoms with E-state index in [2.05, 4.69) is 0 Å². The van der Waals surface area contributed by atoms with Crippen LogP contribution in [0.4, 0.5) is 17.1 Å². The lowest BCUT2D eigenvalue weighted by molar-refractivity contribution is -0.392. The standard InChI is InChI=1S/C6H5N3O5/c7-6-4(8(11)12)1-3(10)2-5(6)9(13)14/h1-2,10H,7H2. The molecule has 0 aliphatic rings. The lowest BCUT2D eigenvalue weighted by Crippen LogP contribution is -2.00. The molecule has 0 radical (unpaired) electrons. The zero-order valence-corrected chi connectivity index (χ0v) is 6.71. The minimum absolute atomic E-state index is 0.571. The molecule has 0 aliphatic carbocycles. The van der Waals surface area contributed by atoms with E-state index in [-0.39, 0.29) is 0 Å². The number of nitrogens with zero attached hydrogens (tertiary/aromatic N) is 2. The Morgan fingerprint density at radius 2 is 1.50 bits per heavy atom. The van der Waals surface area contributed by atoms with Crippen molar-refractivity contribution in [1.29, 1.82) is 0 Å². The first kappa shape index (κ1) is 9.71. The Morgan fingerprint density at radius 3 is 1.79 bits per heavy atom. The Morgan fingerprint density at radius 1 is 1.14 bits per heavy atom. The Balaban J connectivity index is 3.47. The first-order chi connectivity index (χ1) is 6.43. The molecule has 1 aromatic rings. The number of aromatic hydroxyl groups is 1. The maximum Gasteiger partial charge on any atom is 0.302 e. The molecule has 0 aliphatic heterocycles. The molecular weight excluding hydrogens is 194 g/mol. The highest BCUT2D eigenvalue weighted by atomic mass is 16.6. The second-order valence-electron chi connectivity index (χ2n) is 2.41. The summed E-state index contributed by atoms with van der Waals surface area (Å²) in [6, 6.07) is 1.50. The fourth-order valence-electron chi connectivity index (χ4n) is 0.911. The smallest absolute Gasteiger partial charge is 0.302 e. The van der Waals surface area contributed by atoms with Crippen LogP contribution < -0.4 is 5.73 Å². The average Bonchev–Trinajstić information content (AvgIpc) is 2.07. The zero-order chi connectivity index (χ0) is 10.9. The molecular formula is C6H5N3O5. The van der Waals surface area contributed by atoms with Crippen LogP contribution in [-0.4, -0.2) is 15.0 Å². The minimum atomic E-state index is -0.901. The minimum Gasteiger partial charge on any atom is -0.507 e. The number of hydrogen-bond acceptors (Lipinski definition) is 6. The first-order valence-corrected chi connectivity index (χ1v) is 3.34. The van der Waals surface area contributed by atoms with Crippen molar-refractivity contribution < 1.29 is 15.0 Å². The van der Waals surface area contributed by atoms with Crippen LogP contribution in [0.15, 0.2) is 12.1 Å². The lowest BCUT2D eigenvalue weighted by atomic mass is 10.2. The number of phenols is 1. The summed E-state index contributed by atoms with van der Waals surface area (Å²) in [4.78, 5) is 18.9. The maximum absolute atomic E-state index is 10.3. The van der Waals surface area contributed by atoms with Gasteiger partial charge in [-0.15, -0.1) is 0 Å². The predicted octanol–water partition coefficient (Wildman–Crippen LogP) is 0.791. The molecule has 0 amide bonds. The van der Waals surface area contributed by atoms with Gasteiger partial charge in [-0.3, -0.25) is 20.2 Å². The summed E-state index contributed by atoms with van der Waals surface area (Å²) < 4.78 is 0. The molecule has 3 N–H and O–H groups in total. The predicted molar refractivity (Wildman–Crippen MR) is 45.8 cm³/mol. The fourth-order valence-corrected chi connectivity index (χ4v) is 0.911. The van der Waals surface area contributed by atoms with E-state index in [1.54, 1.807) is 0 Å². The van der Waals surface area contributed by atoms with Gasteiger partial charge in [0.1, 0.15) is 5.75 Å². The van der Waals surface area contributed by atoms with Gasteiger partial charge in [-0.1, -0.05) is 0 Å². The Hall–Kier alpha value is -2.38. The van der Waals surface area contributed by atoms with Crippen molar-refractivity contribution in [3.05, 3.63) is 32.4 Å². The van der Waals surface area contributed by atoms with E-state index >= 15 is 0 Å². The van der Waals surface area contributed by atoms with Gasteiger partial charge >= 0.3 is 11.4 Å². The van der Waals surface area contributed by atoms with Crippen LogP contribution in [0.1, 0.15) is 0 Å². The highest BCUT2D eigenvalue weighted by Crippen LogP contribution is 2.35. The van der Waals surface area contributed by atoms with Crippen LogP contribution in [0.2, 0.25) is 0 Å². The largest absolute Gasteiger partial charge is 0.507 e. The highest BCUT2D eigenvalue weighted by Gasteiger charge is 2.23. The van der Waals surface area contributed by atoms with Crippen molar-refractivity contribution in [2.24, 2.45) is 0 Å². The van der Waals surface area contributed by atoms with E-state index < -0.39 is 32.7 Å². The van der Waals surface area contributed by atoms with Crippen LogP contribution in [0.25, 0.3) is 0 Å². The number of nitrogen functional groups attached to an aromatic ring is 1. The number of nitro groups is 2. The molecule has 1 aromatic carbocycles. The van der Waals surface area contributed by atoms with Crippen molar-refractivity contribution >= 4 is 17.1 Å². The summed E-state index contributed by atoms with van der Waals surface area (Å²) >= 11 is 0. The molecule has 0 saturated heterocycles. The number of rotatable bonds is 2. The van der Waals surface area contributed by atoms with E-state index in [0.717, 1.165) is 12.1 Å². The number of hydrogen-bond donors (Lipinski definition) is 2. The van der Waals surface area contributed by atoms with Gasteiger partial charge in [-0.2, -0.15) is 0 Å². The van der Waals surface area contributed by atoms with Gasteiger partial charge in [0.2, 0.25) is 0 Å². The van der Waals surface area contributed by atoms with Crippen LogP contribution in [-0.2, 0) is 0 Å². The van der Waals surface area contributed by atoms with Crippen molar-refractivity contribution in [2.45, 2.75) is 0 Å². The molecule has 0 unspecified atom stereocenters. The van der Waals surface area contributed by atoms with Gasteiger partial charge in [0.05, 0.1) is 22.0 Å². The quantitative estimate of drug-likeness (QED) is 0.313. The third-order valence-electron chi connectivity index (χ3n) is 1.51. The molecule has 8 nitrogen and oxygen atoms in total. The highest BCUT2D eigenvalue weighted by molar-refractivity contribution is 5.72. The molecule has 0 fully saturated rings. The summed E-state index contributed by atoms with van der Waals surface area (Å²) in [6.07, 6.45) is 0. The second-order valence-corrected chi connectivity index (χ2v) is 2.41. The monoisotopic (exact) mass is 199 g/mol. The van der Waals surface area contributed by atoms with E-state index in [9.17, 15) is 20.2 Å². The van der Waals surface area contributed by atoms with Gasteiger partial charge in [-0.05, 0) is 0 Å². The first-order valence-electron chi connectivity index (χ1n) is 3.34. The molecule has 0 atom stereocenters. The molecule has 0 spiro atoms. The number of benzene rings is 1. The van der Waals surface area contributed by atoms with Gasteiger partial charge in [0, 0.05) is 0 Å². The van der Waals surface area contributed by atoms with Crippen LogP contribution in [0, 0.1) is 20.2 Å². The summed E-state index contributed by atoms with van der Waals surface area (Å²) in [5.41, 5.74) is 3.22. The van der Waals surface area contributed by atoms with E-state index in [0.29, 0.717) is 0 Å². The number of nitro benzene ring substituents is 2. The molecule has 0 saturated carbocycles. The third kappa shape index (κ3) is 1.53. The molecule has 14 heavy (non-hydrogen) atoms. The molecule has 0 bridgehead atoms. The van der Waals surface area contributed by atoms with Crippen molar-refractivity contribution in [2.75, 3.05) is 5.73 Å². The zero-order valence-electron chi connectivity index (χ0n) is 6.71. The van der Waals surface area contributed by atoms with Crippen molar-refractivity contribution in [3.8, 4) is 5.75 Å². The van der Waals surface area contributed by atoms with Crippen molar-refractivity contribution in [3.63, 3.8) is 0 Å². The van der Waals surface area contributed by atoms with E-state index in [1.165, 1.54) is 0 Å². The van der Waals surface area contributed by atoms with E-state index in [1.807, 2.05) is 0 Å². The topological polar surface area (TPSA) is 133 Å². The molecule has 8 heteroatoms. The lowest BCUT2D eigenvalue weighted by Gasteiger charge is -1.99. The Kier molecular flexibility index (Phi) is 2.19. The van der Waals surface area contributed by atoms with Gasteiger partial charge in [0.15, 0.2) is 5.69 Å². The second kappa shape index (κ2) is 3.17. The SMILES string of the molecule is Nc1c([N+](=O)[O-])cc(O)cc1[N+](=O)[O-]. The van der Waals surface area contributed by atoms with Gasteiger partial charge in [0.25, 0.3) is 0 Å². The van der Waals surface area contributed by atoms with Crippen LogP contribution in [0.5, 0.6) is 5.75 Å². The molecule has 0 aromatic heterocycles. The average molecular weight is 199 g/mol. The summed E-state index contributed by atoms with van der Waals surface area (Å²) in [5, 5.41) is 29.6. The van der Waals surface area contributed by atoms with Crippen LogP contribution in [0.3, 0.4) is 0 Å². The Labute approximate surface area is 76.9 Å². The van der Waals surface area contributed by atoms with Gasteiger partial charge < -0.3 is 10.8 Å². The number of anilines is 1.